The molecule has 0 spiro atoms. The van der Waals surface area contributed by atoms with Gasteiger partial charge in [0.15, 0.2) is 0 Å². The van der Waals surface area contributed by atoms with E-state index in [1.807, 2.05) is 0 Å². The number of carbonyl (C=O) groups excluding carboxylic acids is 3. The summed E-state index contributed by atoms with van der Waals surface area (Å²) < 4.78 is 4.67. The van der Waals surface area contributed by atoms with Gasteiger partial charge in [-0.05, 0) is 6.07 Å². The maximum Gasteiger partial charge on any atom is 0.298 e. The summed E-state index contributed by atoms with van der Waals surface area (Å²) in [5, 5.41) is 5.06. The van der Waals surface area contributed by atoms with Crippen molar-refractivity contribution in [3.05, 3.63) is 18.2 Å². The summed E-state index contributed by atoms with van der Waals surface area (Å²) in [6, 6.07) is 4.50. The Morgan fingerprint density at radius 3 is 1.88 bits per heavy atom. The minimum absolute atomic E-state index is 0.231. The van der Waals surface area contributed by atoms with E-state index in [4.69, 9.17) is 0 Å². The summed E-state index contributed by atoms with van der Waals surface area (Å²) >= 11 is 0. The number of hydrogen-bond acceptors (Lipinski definition) is 4. The number of ether oxygens (including phenoxy) is 1. The van der Waals surface area contributed by atoms with Crippen LogP contribution < -0.4 is 15.4 Å². The Labute approximate surface area is 98.0 Å². The van der Waals surface area contributed by atoms with Gasteiger partial charge in [0, 0.05) is 37.4 Å². The predicted octanol–water partition coefficient (Wildman–Crippen LogP) is 1.14. The zero-order chi connectivity index (χ0) is 12.8. The van der Waals surface area contributed by atoms with E-state index >= 15 is 0 Å². The second-order valence-corrected chi connectivity index (χ2v) is 3.32. The molecular weight excluding hydrogens is 224 g/mol. The minimum atomic E-state index is -0.262. The summed E-state index contributed by atoms with van der Waals surface area (Å²) in [6.45, 7) is 2.97. The number of carbonyl (C=O) groups is 3. The maximum atomic E-state index is 10.9. The molecule has 0 radical (unpaired) electrons. The average Bonchev–Trinajstić information content (AvgIpc) is 2.14. The van der Waals surface area contributed by atoms with Crippen molar-refractivity contribution in [2.24, 2.45) is 0 Å². The lowest BCUT2D eigenvalue weighted by Gasteiger charge is -2.08. The molecular formula is C11H12N2O4. The molecule has 0 unspecified atom stereocenters. The Kier molecular flexibility index (Phi) is 4.21. The van der Waals surface area contributed by atoms with Gasteiger partial charge in [0.05, 0.1) is 0 Å². The van der Waals surface area contributed by atoms with Crippen LogP contribution in [-0.2, 0) is 14.4 Å². The SMILES string of the molecule is CC(=O)Nc1cc(NC(C)=O)cc(OC=O)c1. The fourth-order valence-electron chi connectivity index (χ4n) is 1.27. The van der Waals surface area contributed by atoms with Gasteiger partial charge >= 0.3 is 0 Å². The highest BCUT2D eigenvalue weighted by Crippen LogP contribution is 2.24. The lowest BCUT2D eigenvalue weighted by molar-refractivity contribution is -0.120. The van der Waals surface area contributed by atoms with Gasteiger partial charge in [0.25, 0.3) is 6.47 Å². The zero-order valence-electron chi connectivity index (χ0n) is 9.44. The van der Waals surface area contributed by atoms with Crippen molar-refractivity contribution >= 4 is 29.7 Å². The largest absolute Gasteiger partial charge is 0.429 e. The van der Waals surface area contributed by atoms with E-state index in [0.717, 1.165) is 0 Å². The Morgan fingerprint density at radius 2 is 1.53 bits per heavy atom. The van der Waals surface area contributed by atoms with Gasteiger partial charge in [-0.3, -0.25) is 14.4 Å². The molecule has 0 bridgehead atoms. The molecule has 0 saturated carbocycles. The lowest BCUT2D eigenvalue weighted by atomic mass is 10.2. The van der Waals surface area contributed by atoms with Crippen LogP contribution in [0.4, 0.5) is 11.4 Å². The van der Waals surface area contributed by atoms with E-state index in [9.17, 15) is 14.4 Å². The smallest absolute Gasteiger partial charge is 0.298 e. The van der Waals surface area contributed by atoms with E-state index in [2.05, 4.69) is 15.4 Å². The summed E-state index contributed by atoms with van der Waals surface area (Å²) in [4.78, 5) is 32.1. The highest BCUT2D eigenvalue weighted by Gasteiger charge is 2.04. The van der Waals surface area contributed by atoms with Gasteiger partial charge in [-0.15, -0.1) is 0 Å². The van der Waals surface area contributed by atoms with Gasteiger partial charge in [0.1, 0.15) is 5.75 Å². The fourth-order valence-corrected chi connectivity index (χ4v) is 1.27. The Balaban J connectivity index is 3.03. The van der Waals surface area contributed by atoms with Crippen LogP contribution in [0.1, 0.15) is 13.8 Å². The number of benzene rings is 1. The maximum absolute atomic E-state index is 10.9. The topological polar surface area (TPSA) is 84.5 Å². The standard InChI is InChI=1S/C11H12N2O4/c1-7(15)12-9-3-10(13-8(2)16)5-11(4-9)17-6-14/h3-6H,1-2H3,(H,12,15)(H,13,16). The summed E-state index contributed by atoms with van der Waals surface area (Å²) in [5.41, 5.74) is 0.862. The number of hydrogen-bond donors (Lipinski definition) is 2. The molecule has 2 amide bonds. The molecule has 1 aromatic rings. The summed E-state index contributed by atoms with van der Waals surface area (Å²) in [5.74, 6) is -0.293. The molecule has 17 heavy (non-hydrogen) atoms. The monoisotopic (exact) mass is 236 g/mol. The Hall–Kier alpha value is -2.37. The first kappa shape index (κ1) is 12.7. The molecule has 90 valence electrons. The van der Waals surface area contributed by atoms with E-state index < -0.39 is 0 Å². The van der Waals surface area contributed by atoms with E-state index in [0.29, 0.717) is 11.4 Å². The van der Waals surface area contributed by atoms with Crippen molar-refractivity contribution in [3.63, 3.8) is 0 Å². The number of anilines is 2. The molecule has 6 heteroatoms. The van der Waals surface area contributed by atoms with E-state index in [1.54, 1.807) is 6.07 Å². The molecule has 1 aromatic carbocycles. The zero-order valence-corrected chi connectivity index (χ0v) is 9.44. The van der Waals surface area contributed by atoms with Gasteiger partial charge in [-0.2, -0.15) is 0 Å². The molecule has 0 aromatic heterocycles. The molecule has 0 aliphatic carbocycles. The molecule has 6 nitrogen and oxygen atoms in total. The molecule has 2 N–H and O–H groups in total. The quantitative estimate of drug-likeness (QED) is 0.768. The van der Waals surface area contributed by atoms with E-state index in [-0.39, 0.29) is 24.0 Å². The first-order valence-corrected chi connectivity index (χ1v) is 4.82. The van der Waals surface area contributed by atoms with Crippen molar-refractivity contribution in [1.29, 1.82) is 0 Å². The molecule has 0 heterocycles. The minimum Gasteiger partial charge on any atom is -0.429 e. The number of rotatable bonds is 4. The summed E-state index contributed by atoms with van der Waals surface area (Å²) in [6.07, 6.45) is 0. The van der Waals surface area contributed by atoms with Crippen molar-refractivity contribution in [3.8, 4) is 5.75 Å². The van der Waals surface area contributed by atoms with Crippen LogP contribution in [0, 0.1) is 0 Å². The molecule has 0 aliphatic rings. The lowest BCUT2D eigenvalue weighted by Crippen LogP contribution is -2.09. The molecule has 0 saturated heterocycles. The first-order valence-electron chi connectivity index (χ1n) is 4.82. The predicted molar refractivity (Wildman–Crippen MR) is 61.7 cm³/mol. The van der Waals surface area contributed by atoms with Crippen LogP contribution in [-0.4, -0.2) is 18.3 Å². The van der Waals surface area contributed by atoms with E-state index in [1.165, 1.54) is 26.0 Å². The van der Waals surface area contributed by atoms with Crippen LogP contribution in [0.25, 0.3) is 0 Å². The second-order valence-electron chi connectivity index (χ2n) is 3.32. The van der Waals surface area contributed by atoms with Crippen LogP contribution in [0.3, 0.4) is 0 Å². The molecule has 1 rings (SSSR count). The van der Waals surface area contributed by atoms with Gasteiger partial charge in [0.2, 0.25) is 11.8 Å². The number of amides is 2. The van der Waals surface area contributed by atoms with Crippen LogP contribution in [0.5, 0.6) is 5.75 Å². The normalized spacial score (nSPS) is 9.29. The van der Waals surface area contributed by atoms with Crippen LogP contribution >= 0.6 is 0 Å². The second kappa shape index (κ2) is 5.64. The van der Waals surface area contributed by atoms with Gasteiger partial charge in [-0.1, -0.05) is 0 Å². The van der Waals surface area contributed by atoms with Gasteiger partial charge in [-0.25, -0.2) is 0 Å². The Morgan fingerprint density at radius 1 is 1.06 bits per heavy atom. The third-order valence-electron chi connectivity index (χ3n) is 1.73. The molecule has 0 atom stereocenters. The third kappa shape index (κ3) is 4.33. The highest BCUT2D eigenvalue weighted by atomic mass is 16.5. The molecule has 0 fully saturated rings. The highest BCUT2D eigenvalue weighted by molar-refractivity contribution is 5.92. The van der Waals surface area contributed by atoms with Crippen LogP contribution in [0.15, 0.2) is 18.2 Å². The Bertz CT molecular complexity index is 423. The van der Waals surface area contributed by atoms with Crippen molar-refractivity contribution in [2.45, 2.75) is 13.8 Å². The van der Waals surface area contributed by atoms with Crippen molar-refractivity contribution < 1.29 is 19.1 Å². The average molecular weight is 236 g/mol. The van der Waals surface area contributed by atoms with Crippen LogP contribution in [0.2, 0.25) is 0 Å². The number of nitrogens with one attached hydrogen (secondary N) is 2. The fraction of sp³-hybridized carbons (Fsp3) is 0.182. The van der Waals surface area contributed by atoms with Crippen molar-refractivity contribution in [1.82, 2.24) is 0 Å². The van der Waals surface area contributed by atoms with Crippen molar-refractivity contribution in [2.75, 3.05) is 10.6 Å². The first-order chi connectivity index (χ1) is 8.01. The van der Waals surface area contributed by atoms with Gasteiger partial charge < -0.3 is 15.4 Å². The third-order valence-corrected chi connectivity index (χ3v) is 1.73. The molecule has 0 aliphatic heterocycles. The summed E-state index contributed by atoms with van der Waals surface area (Å²) in [7, 11) is 0.